The molecular formula is C11H13NO2. The zero-order valence-electron chi connectivity index (χ0n) is 8.12. The summed E-state index contributed by atoms with van der Waals surface area (Å²) in [5.41, 5.74) is 2.43. The predicted octanol–water partition coefficient (Wildman–Crippen LogP) is 2.29. The van der Waals surface area contributed by atoms with Gasteiger partial charge in [0.15, 0.2) is 0 Å². The zero-order chi connectivity index (χ0) is 9.80. The molecule has 0 aliphatic heterocycles. The smallest absolute Gasteiger partial charge is 0.0863 e. The molecule has 0 bridgehead atoms. The first-order chi connectivity index (χ1) is 6.92. The molecule has 0 saturated heterocycles. The van der Waals surface area contributed by atoms with Crippen molar-refractivity contribution in [1.29, 1.82) is 0 Å². The van der Waals surface area contributed by atoms with Crippen LogP contribution < -0.4 is 0 Å². The van der Waals surface area contributed by atoms with E-state index in [0.717, 1.165) is 6.42 Å². The number of fused-ring (bicyclic) bond motifs is 1. The van der Waals surface area contributed by atoms with Crippen LogP contribution in [0.25, 0.3) is 10.9 Å². The lowest BCUT2D eigenvalue weighted by Crippen LogP contribution is -1.96. The molecule has 0 atom stereocenters. The lowest BCUT2D eigenvalue weighted by molar-refractivity contribution is -0.271. The third-order valence-electron chi connectivity index (χ3n) is 2.25. The summed E-state index contributed by atoms with van der Waals surface area (Å²) in [6.45, 7) is 0.582. The molecule has 0 spiro atoms. The summed E-state index contributed by atoms with van der Waals surface area (Å²) in [7, 11) is 1.52. The fourth-order valence-corrected chi connectivity index (χ4v) is 1.57. The van der Waals surface area contributed by atoms with Crippen LogP contribution in [0.4, 0.5) is 0 Å². The number of aromatic nitrogens is 1. The molecule has 74 valence electrons. The van der Waals surface area contributed by atoms with E-state index in [0.29, 0.717) is 6.61 Å². The second-order valence-electron chi connectivity index (χ2n) is 3.10. The molecule has 3 nitrogen and oxygen atoms in total. The van der Waals surface area contributed by atoms with Crippen LogP contribution in [0, 0.1) is 0 Å². The Morgan fingerprint density at radius 3 is 3.00 bits per heavy atom. The Morgan fingerprint density at radius 2 is 2.14 bits per heavy atom. The van der Waals surface area contributed by atoms with Crippen LogP contribution in [0.1, 0.15) is 5.56 Å². The number of para-hydroxylation sites is 1. The van der Waals surface area contributed by atoms with E-state index in [1.165, 1.54) is 23.6 Å². The monoisotopic (exact) mass is 191 g/mol. The maximum Gasteiger partial charge on any atom is 0.0863 e. The van der Waals surface area contributed by atoms with Crippen molar-refractivity contribution in [3.05, 3.63) is 36.0 Å². The molecule has 0 aliphatic rings. The van der Waals surface area contributed by atoms with Crippen molar-refractivity contribution >= 4 is 10.9 Å². The van der Waals surface area contributed by atoms with Crippen LogP contribution in [0.3, 0.4) is 0 Å². The van der Waals surface area contributed by atoms with Gasteiger partial charge in [-0.15, -0.1) is 0 Å². The highest BCUT2D eigenvalue weighted by atomic mass is 17.2. The first kappa shape index (κ1) is 9.24. The molecule has 0 unspecified atom stereocenters. The van der Waals surface area contributed by atoms with Crippen molar-refractivity contribution in [2.75, 3.05) is 13.7 Å². The Labute approximate surface area is 82.6 Å². The van der Waals surface area contributed by atoms with Crippen LogP contribution in [0.15, 0.2) is 30.5 Å². The molecule has 2 rings (SSSR count). The molecular weight excluding hydrogens is 178 g/mol. The first-order valence-corrected chi connectivity index (χ1v) is 4.62. The van der Waals surface area contributed by atoms with E-state index in [9.17, 15) is 0 Å². The van der Waals surface area contributed by atoms with Gasteiger partial charge in [0.1, 0.15) is 0 Å². The van der Waals surface area contributed by atoms with Gasteiger partial charge in [-0.05, 0) is 11.6 Å². The normalized spacial score (nSPS) is 10.9. The van der Waals surface area contributed by atoms with Gasteiger partial charge in [-0.25, -0.2) is 9.78 Å². The quantitative estimate of drug-likeness (QED) is 0.457. The molecule has 0 saturated carbocycles. The Morgan fingerprint density at radius 1 is 1.29 bits per heavy atom. The fraction of sp³-hybridized carbons (Fsp3) is 0.273. The number of aromatic amines is 1. The van der Waals surface area contributed by atoms with E-state index in [1.807, 2.05) is 18.3 Å². The summed E-state index contributed by atoms with van der Waals surface area (Å²) in [6, 6.07) is 8.23. The molecule has 0 fully saturated rings. The number of H-pyrrole nitrogens is 1. The van der Waals surface area contributed by atoms with Crippen molar-refractivity contribution in [2.45, 2.75) is 6.42 Å². The van der Waals surface area contributed by atoms with E-state index in [2.05, 4.69) is 22.0 Å². The van der Waals surface area contributed by atoms with E-state index in [1.54, 1.807) is 0 Å². The number of benzene rings is 1. The molecule has 1 aromatic carbocycles. The summed E-state index contributed by atoms with van der Waals surface area (Å²) in [4.78, 5) is 12.6. The van der Waals surface area contributed by atoms with Crippen LogP contribution >= 0.6 is 0 Å². The maximum absolute atomic E-state index is 4.84. The molecule has 1 N–H and O–H groups in total. The van der Waals surface area contributed by atoms with Crippen LogP contribution in [-0.4, -0.2) is 18.7 Å². The largest absolute Gasteiger partial charge is 0.361 e. The molecule has 3 heteroatoms. The highest BCUT2D eigenvalue weighted by Crippen LogP contribution is 2.17. The molecule has 0 amide bonds. The van der Waals surface area contributed by atoms with E-state index >= 15 is 0 Å². The second-order valence-corrected chi connectivity index (χ2v) is 3.10. The Bertz CT molecular complexity index is 408. The Kier molecular flexibility index (Phi) is 2.81. The third-order valence-corrected chi connectivity index (χ3v) is 2.25. The minimum Gasteiger partial charge on any atom is -0.361 e. The lowest BCUT2D eigenvalue weighted by atomic mass is 10.1. The van der Waals surface area contributed by atoms with Crippen LogP contribution in [0.2, 0.25) is 0 Å². The maximum atomic E-state index is 4.84. The first-order valence-electron chi connectivity index (χ1n) is 4.62. The van der Waals surface area contributed by atoms with Gasteiger partial charge in [-0.2, -0.15) is 0 Å². The van der Waals surface area contributed by atoms with E-state index < -0.39 is 0 Å². The summed E-state index contributed by atoms with van der Waals surface area (Å²) in [5.74, 6) is 0. The molecule has 0 aliphatic carbocycles. The zero-order valence-corrected chi connectivity index (χ0v) is 8.12. The predicted molar refractivity (Wildman–Crippen MR) is 55.0 cm³/mol. The standard InChI is InChI=1S/C11H13NO2/c1-13-14-7-6-9-8-12-11-5-3-2-4-10(9)11/h2-5,8,12H,6-7H2,1H3. The summed E-state index contributed by atoms with van der Waals surface area (Å²) < 4.78 is 0. The topological polar surface area (TPSA) is 34.2 Å². The second kappa shape index (κ2) is 4.26. The molecule has 14 heavy (non-hydrogen) atoms. The molecule has 1 heterocycles. The van der Waals surface area contributed by atoms with Crippen molar-refractivity contribution in [3.63, 3.8) is 0 Å². The van der Waals surface area contributed by atoms with Crippen molar-refractivity contribution in [2.24, 2.45) is 0 Å². The van der Waals surface area contributed by atoms with Crippen LogP contribution in [-0.2, 0) is 16.2 Å². The van der Waals surface area contributed by atoms with Crippen molar-refractivity contribution < 1.29 is 9.78 Å². The number of hydrogen-bond acceptors (Lipinski definition) is 2. The minimum absolute atomic E-state index is 0.582. The van der Waals surface area contributed by atoms with Crippen molar-refractivity contribution in [1.82, 2.24) is 4.98 Å². The van der Waals surface area contributed by atoms with Gasteiger partial charge in [0.25, 0.3) is 0 Å². The van der Waals surface area contributed by atoms with Gasteiger partial charge in [0, 0.05) is 23.5 Å². The molecule has 1 aromatic heterocycles. The highest BCUT2D eigenvalue weighted by Gasteiger charge is 2.01. The number of hydrogen-bond donors (Lipinski definition) is 1. The summed E-state index contributed by atoms with van der Waals surface area (Å²) in [6.07, 6.45) is 2.88. The Hall–Kier alpha value is -1.32. The summed E-state index contributed by atoms with van der Waals surface area (Å²) >= 11 is 0. The highest BCUT2D eigenvalue weighted by molar-refractivity contribution is 5.82. The average molecular weight is 191 g/mol. The van der Waals surface area contributed by atoms with Gasteiger partial charge in [0.05, 0.1) is 13.7 Å². The SMILES string of the molecule is COOCCc1c[nH]c2ccccc12. The van der Waals surface area contributed by atoms with Crippen LogP contribution in [0.5, 0.6) is 0 Å². The fourth-order valence-electron chi connectivity index (χ4n) is 1.57. The van der Waals surface area contributed by atoms with Gasteiger partial charge in [-0.3, -0.25) is 0 Å². The number of rotatable bonds is 4. The van der Waals surface area contributed by atoms with Gasteiger partial charge < -0.3 is 4.98 Å². The average Bonchev–Trinajstić information content (AvgIpc) is 2.63. The minimum atomic E-state index is 0.582. The van der Waals surface area contributed by atoms with Gasteiger partial charge in [0.2, 0.25) is 0 Å². The molecule has 0 radical (unpaired) electrons. The van der Waals surface area contributed by atoms with Gasteiger partial charge >= 0.3 is 0 Å². The van der Waals surface area contributed by atoms with Gasteiger partial charge in [-0.1, -0.05) is 18.2 Å². The third kappa shape index (κ3) is 1.78. The van der Waals surface area contributed by atoms with Crippen molar-refractivity contribution in [3.8, 4) is 0 Å². The van der Waals surface area contributed by atoms with E-state index in [4.69, 9.17) is 4.89 Å². The molecule has 2 aromatic rings. The number of nitrogens with one attached hydrogen (secondary N) is 1. The summed E-state index contributed by atoms with van der Waals surface area (Å²) in [5, 5.41) is 1.26. The van der Waals surface area contributed by atoms with E-state index in [-0.39, 0.29) is 0 Å². The Balaban J connectivity index is 2.17. The lowest BCUT2D eigenvalue weighted by Gasteiger charge is -1.98.